The summed E-state index contributed by atoms with van der Waals surface area (Å²) in [5.74, 6) is -0.360. The molecule has 0 saturated heterocycles. The number of benzene rings is 1. The quantitative estimate of drug-likeness (QED) is 0.611. The zero-order chi connectivity index (χ0) is 15.0. The van der Waals surface area contributed by atoms with Crippen molar-refractivity contribution in [2.45, 2.75) is 6.92 Å². The lowest BCUT2D eigenvalue weighted by Gasteiger charge is -2.02. The van der Waals surface area contributed by atoms with E-state index in [1.807, 2.05) is 12.3 Å². The van der Waals surface area contributed by atoms with Gasteiger partial charge in [-0.2, -0.15) is 0 Å². The Hall–Kier alpha value is -1.69. The Morgan fingerprint density at radius 1 is 1.33 bits per heavy atom. The van der Waals surface area contributed by atoms with Crippen LogP contribution in [0.25, 0.3) is 6.08 Å². The van der Waals surface area contributed by atoms with Crippen molar-refractivity contribution < 1.29 is 9.53 Å². The number of halogens is 2. The van der Waals surface area contributed by atoms with E-state index in [-0.39, 0.29) is 11.6 Å². The Morgan fingerprint density at radius 2 is 2.14 bits per heavy atom. The van der Waals surface area contributed by atoms with Crippen molar-refractivity contribution in [2.24, 2.45) is 4.99 Å². The van der Waals surface area contributed by atoms with Crippen molar-refractivity contribution in [3.05, 3.63) is 55.6 Å². The zero-order valence-corrected chi connectivity index (χ0v) is 13.1. The largest absolute Gasteiger partial charge is 0.402 e. The molecular weight excluding hydrogens is 331 g/mol. The summed E-state index contributed by atoms with van der Waals surface area (Å²) in [6, 6.07) is 4.89. The summed E-state index contributed by atoms with van der Waals surface area (Å²) < 4.78 is 5.15. The number of rotatable bonds is 2. The summed E-state index contributed by atoms with van der Waals surface area (Å²) in [6.45, 7) is 1.89. The number of aromatic nitrogens is 1. The molecular formula is C14H8Cl2N2O2S. The molecule has 1 aliphatic heterocycles. The van der Waals surface area contributed by atoms with Gasteiger partial charge < -0.3 is 4.74 Å². The fourth-order valence-corrected chi connectivity index (χ4v) is 2.83. The Morgan fingerprint density at radius 3 is 2.81 bits per heavy atom. The van der Waals surface area contributed by atoms with Crippen LogP contribution in [0.15, 0.2) is 34.3 Å². The summed E-state index contributed by atoms with van der Waals surface area (Å²) in [6.07, 6.45) is 1.59. The van der Waals surface area contributed by atoms with Gasteiger partial charge in [0, 0.05) is 10.4 Å². The third-order valence-electron chi connectivity index (χ3n) is 2.70. The van der Waals surface area contributed by atoms with E-state index in [9.17, 15) is 4.79 Å². The molecule has 1 aromatic heterocycles. The van der Waals surface area contributed by atoms with Crippen LogP contribution in [-0.2, 0) is 9.53 Å². The van der Waals surface area contributed by atoms with Crippen LogP contribution in [0.3, 0.4) is 0 Å². The summed E-state index contributed by atoms with van der Waals surface area (Å²) in [5, 5.41) is 3.64. The SMILES string of the molecule is Cc1nc(/C=C2\N=C(c3ccc(Cl)cc3Cl)OC2=O)cs1. The number of thiazole rings is 1. The van der Waals surface area contributed by atoms with Crippen molar-refractivity contribution in [2.75, 3.05) is 0 Å². The molecule has 0 N–H and O–H groups in total. The highest BCUT2D eigenvalue weighted by Crippen LogP contribution is 2.26. The number of aryl methyl sites for hydroxylation is 1. The van der Waals surface area contributed by atoms with Gasteiger partial charge in [-0.15, -0.1) is 11.3 Å². The fourth-order valence-electron chi connectivity index (χ4n) is 1.77. The highest BCUT2D eigenvalue weighted by molar-refractivity contribution is 7.09. The molecule has 2 heterocycles. The van der Waals surface area contributed by atoms with Crippen molar-refractivity contribution in [1.82, 2.24) is 4.98 Å². The molecule has 0 bridgehead atoms. The highest BCUT2D eigenvalue weighted by atomic mass is 35.5. The van der Waals surface area contributed by atoms with Crippen LogP contribution < -0.4 is 0 Å². The van der Waals surface area contributed by atoms with Gasteiger partial charge in [-0.05, 0) is 31.2 Å². The average Bonchev–Trinajstić information content (AvgIpc) is 2.97. The minimum Gasteiger partial charge on any atom is -0.402 e. The van der Waals surface area contributed by atoms with Gasteiger partial charge in [0.2, 0.25) is 5.90 Å². The van der Waals surface area contributed by atoms with E-state index in [4.69, 9.17) is 27.9 Å². The van der Waals surface area contributed by atoms with E-state index in [2.05, 4.69) is 9.98 Å². The smallest absolute Gasteiger partial charge is 0.363 e. The average molecular weight is 339 g/mol. The van der Waals surface area contributed by atoms with Gasteiger partial charge in [-0.25, -0.2) is 14.8 Å². The number of nitrogens with zero attached hydrogens (tertiary/aromatic N) is 2. The molecule has 0 atom stereocenters. The molecule has 7 heteroatoms. The Kier molecular flexibility index (Phi) is 3.80. The lowest BCUT2D eigenvalue weighted by atomic mass is 10.2. The van der Waals surface area contributed by atoms with Gasteiger partial charge in [0.05, 0.1) is 21.3 Å². The lowest BCUT2D eigenvalue weighted by molar-refractivity contribution is -0.129. The molecule has 0 fully saturated rings. The zero-order valence-electron chi connectivity index (χ0n) is 10.8. The van der Waals surface area contributed by atoms with Crippen LogP contribution in [0.2, 0.25) is 10.0 Å². The second-order valence-corrected chi connectivity index (χ2v) is 6.16. The van der Waals surface area contributed by atoms with E-state index >= 15 is 0 Å². The molecule has 106 valence electrons. The molecule has 0 aliphatic carbocycles. The van der Waals surface area contributed by atoms with Gasteiger partial charge in [-0.1, -0.05) is 23.2 Å². The topological polar surface area (TPSA) is 51.6 Å². The molecule has 0 unspecified atom stereocenters. The fraction of sp³-hybridized carbons (Fsp3) is 0.0714. The van der Waals surface area contributed by atoms with Gasteiger partial charge in [-0.3, -0.25) is 0 Å². The summed E-state index contributed by atoms with van der Waals surface area (Å²) in [7, 11) is 0. The first kappa shape index (κ1) is 14.3. The molecule has 3 rings (SSSR count). The van der Waals surface area contributed by atoms with E-state index in [1.54, 1.807) is 24.3 Å². The number of carbonyl (C=O) groups is 1. The summed E-state index contributed by atoms with van der Waals surface area (Å²) in [5.41, 5.74) is 1.39. The first-order valence-electron chi connectivity index (χ1n) is 5.93. The number of hydrogen-bond acceptors (Lipinski definition) is 5. The normalized spacial score (nSPS) is 16.2. The van der Waals surface area contributed by atoms with Crippen molar-refractivity contribution in [3.8, 4) is 0 Å². The van der Waals surface area contributed by atoms with Crippen LogP contribution >= 0.6 is 34.5 Å². The Labute approximate surface area is 134 Å². The van der Waals surface area contributed by atoms with Gasteiger partial charge in [0.1, 0.15) is 0 Å². The van der Waals surface area contributed by atoms with Crippen LogP contribution in [0, 0.1) is 6.92 Å². The standard InChI is InChI=1S/C14H8Cl2N2O2S/c1-7-17-9(6-21-7)5-12-14(19)20-13(18-12)10-3-2-8(15)4-11(10)16/h2-6H,1H3/b12-5-. The van der Waals surface area contributed by atoms with Crippen LogP contribution in [0.1, 0.15) is 16.3 Å². The lowest BCUT2D eigenvalue weighted by Crippen LogP contribution is -2.05. The summed E-state index contributed by atoms with van der Waals surface area (Å²) in [4.78, 5) is 20.3. The van der Waals surface area contributed by atoms with Crippen molar-refractivity contribution in [1.29, 1.82) is 0 Å². The van der Waals surface area contributed by atoms with Crippen LogP contribution in [-0.4, -0.2) is 16.9 Å². The van der Waals surface area contributed by atoms with Crippen LogP contribution in [0.4, 0.5) is 0 Å². The minimum atomic E-state index is -0.526. The molecule has 0 radical (unpaired) electrons. The minimum absolute atomic E-state index is 0.167. The second kappa shape index (κ2) is 5.60. The Bertz CT molecular complexity index is 796. The second-order valence-electron chi connectivity index (χ2n) is 4.25. The predicted octanol–water partition coefficient (Wildman–Crippen LogP) is 4.10. The maximum atomic E-state index is 11.8. The molecule has 2 aromatic rings. The van der Waals surface area contributed by atoms with Gasteiger partial charge in [0.15, 0.2) is 5.70 Å². The number of cyclic esters (lactones) is 1. The first-order valence-corrected chi connectivity index (χ1v) is 7.56. The Balaban J connectivity index is 1.97. The molecule has 0 saturated carbocycles. The van der Waals surface area contributed by atoms with Gasteiger partial charge in [0.25, 0.3) is 0 Å². The monoisotopic (exact) mass is 338 g/mol. The van der Waals surface area contributed by atoms with Gasteiger partial charge >= 0.3 is 5.97 Å². The van der Waals surface area contributed by atoms with Crippen molar-refractivity contribution >= 4 is 52.5 Å². The highest BCUT2D eigenvalue weighted by Gasteiger charge is 2.25. The molecule has 4 nitrogen and oxygen atoms in total. The number of ether oxygens (including phenoxy) is 1. The molecule has 1 aromatic carbocycles. The number of esters is 1. The molecule has 21 heavy (non-hydrogen) atoms. The van der Waals surface area contributed by atoms with Crippen molar-refractivity contribution in [3.63, 3.8) is 0 Å². The van der Waals surface area contributed by atoms with E-state index in [0.29, 0.717) is 21.3 Å². The summed E-state index contributed by atoms with van der Waals surface area (Å²) >= 11 is 13.4. The number of carbonyl (C=O) groups excluding carboxylic acids is 1. The molecule has 0 amide bonds. The number of hydrogen-bond donors (Lipinski definition) is 0. The maximum Gasteiger partial charge on any atom is 0.363 e. The first-order chi connectivity index (χ1) is 10.0. The number of aliphatic imine (C=N–C) groups is 1. The van der Waals surface area contributed by atoms with E-state index < -0.39 is 5.97 Å². The van der Waals surface area contributed by atoms with Crippen LogP contribution in [0.5, 0.6) is 0 Å². The third-order valence-corrected chi connectivity index (χ3v) is 4.04. The predicted molar refractivity (Wildman–Crippen MR) is 83.9 cm³/mol. The third kappa shape index (κ3) is 3.00. The van der Waals surface area contributed by atoms with E-state index in [0.717, 1.165) is 5.01 Å². The molecule has 0 spiro atoms. The molecule has 1 aliphatic rings. The van der Waals surface area contributed by atoms with E-state index in [1.165, 1.54) is 11.3 Å². The maximum absolute atomic E-state index is 11.8.